The lowest BCUT2D eigenvalue weighted by Gasteiger charge is -2.09. The van der Waals surface area contributed by atoms with Crippen LogP contribution in [0.3, 0.4) is 0 Å². The minimum absolute atomic E-state index is 0.111. The molecule has 0 saturated carbocycles. The van der Waals surface area contributed by atoms with Crippen LogP contribution in [0.15, 0.2) is 18.2 Å². The standard InChI is InChI=1S/C14H19ClN2O3/c1-10-5-6-13(17(19)20)12(8-10)14(18)16-7-3-4-11(2)9-15/h5-6,8,11H,3-4,7,9H2,1-2H3,(H,16,18). The second-order valence-electron chi connectivity index (χ2n) is 4.94. The maximum Gasteiger partial charge on any atom is 0.282 e. The number of nitrogens with zero attached hydrogens (tertiary/aromatic N) is 1. The lowest BCUT2D eigenvalue weighted by atomic mass is 10.1. The number of aryl methyl sites for hydroxylation is 1. The summed E-state index contributed by atoms with van der Waals surface area (Å²) in [5.41, 5.74) is 0.763. The summed E-state index contributed by atoms with van der Waals surface area (Å²) in [4.78, 5) is 22.4. The molecule has 1 rings (SSSR count). The Labute approximate surface area is 123 Å². The molecule has 5 nitrogen and oxygen atoms in total. The van der Waals surface area contributed by atoms with Crippen LogP contribution in [0.1, 0.15) is 35.7 Å². The highest BCUT2D eigenvalue weighted by molar-refractivity contribution is 6.18. The van der Waals surface area contributed by atoms with Crippen LogP contribution >= 0.6 is 11.6 Å². The van der Waals surface area contributed by atoms with Crippen LogP contribution in [-0.2, 0) is 0 Å². The fourth-order valence-corrected chi connectivity index (χ4v) is 1.97. The number of alkyl halides is 1. The largest absolute Gasteiger partial charge is 0.352 e. The van der Waals surface area contributed by atoms with Crippen LogP contribution in [-0.4, -0.2) is 23.3 Å². The molecule has 1 aromatic carbocycles. The quantitative estimate of drug-likeness (QED) is 0.363. The molecule has 0 fully saturated rings. The minimum atomic E-state index is -0.538. The number of nitro groups is 1. The topological polar surface area (TPSA) is 72.2 Å². The predicted octanol–water partition coefficient (Wildman–Crippen LogP) is 3.29. The van der Waals surface area contributed by atoms with E-state index in [9.17, 15) is 14.9 Å². The number of nitro benzene ring substituents is 1. The number of amides is 1. The van der Waals surface area contributed by atoms with E-state index in [0.29, 0.717) is 18.3 Å². The van der Waals surface area contributed by atoms with Gasteiger partial charge in [0.1, 0.15) is 5.56 Å². The molecule has 0 spiro atoms. The summed E-state index contributed by atoms with van der Waals surface area (Å²) in [7, 11) is 0. The van der Waals surface area contributed by atoms with E-state index < -0.39 is 10.8 Å². The Morgan fingerprint density at radius 3 is 2.80 bits per heavy atom. The second-order valence-corrected chi connectivity index (χ2v) is 5.24. The summed E-state index contributed by atoms with van der Waals surface area (Å²) >= 11 is 5.70. The molecule has 110 valence electrons. The summed E-state index contributed by atoms with van der Waals surface area (Å²) in [5, 5.41) is 13.6. The van der Waals surface area contributed by atoms with Gasteiger partial charge in [0.05, 0.1) is 4.92 Å². The summed E-state index contributed by atoms with van der Waals surface area (Å²) in [5.74, 6) is 0.595. The summed E-state index contributed by atoms with van der Waals surface area (Å²) in [6.45, 7) is 4.33. The fourth-order valence-electron chi connectivity index (χ4n) is 1.82. The maximum atomic E-state index is 12.0. The van der Waals surface area contributed by atoms with E-state index in [4.69, 9.17) is 11.6 Å². The van der Waals surface area contributed by atoms with Crippen LogP contribution in [0.2, 0.25) is 0 Å². The maximum absolute atomic E-state index is 12.0. The molecule has 0 aromatic heterocycles. The Bertz CT molecular complexity index is 491. The first-order valence-corrected chi connectivity index (χ1v) is 7.08. The van der Waals surface area contributed by atoms with Gasteiger partial charge in [-0.25, -0.2) is 0 Å². The van der Waals surface area contributed by atoms with E-state index in [1.807, 2.05) is 6.92 Å². The smallest absolute Gasteiger partial charge is 0.282 e. The van der Waals surface area contributed by atoms with Crippen molar-refractivity contribution in [2.24, 2.45) is 5.92 Å². The van der Waals surface area contributed by atoms with Crippen molar-refractivity contribution in [2.75, 3.05) is 12.4 Å². The van der Waals surface area contributed by atoms with Gasteiger partial charge in [0, 0.05) is 18.5 Å². The summed E-state index contributed by atoms with van der Waals surface area (Å²) < 4.78 is 0. The van der Waals surface area contributed by atoms with Gasteiger partial charge in [-0.2, -0.15) is 0 Å². The van der Waals surface area contributed by atoms with Gasteiger partial charge in [-0.3, -0.25) is 14.9 Å². The zero-order chi connectivity index (χ0) is 15.1. The number of hydrogen-bond donors (Lipinski definition) is 1. The number of halogens is 1. The first-order chi connectivity index (χ1) is 9.45. The molecule has 0 aliphatic rings. The van der Waals surface area contributed by atoms with Crippen molar-refractivity contribution in [3.8, 4) is 0 Å². The molecule has 1 unspecified atom stereocenters. The molecule has 1 N–H and O–H groups in total. The van der Waals surface area contributed by atoms with Crippen molar-refractivity contribution in [1.29, 1.82) is 0 Å². The number of benzene rings is 1. The van der Waals surface area contributed by atoms with E-state index in [0.717, 1.165) is 18.4 Å². The van der Waals surface area contributed by atoms with Crippen LogP contribution < -0.4 is 5.32 Å². The molecular weight excluding hydrogens is 280 g/mol. The molecule has 1 aromatic rings. The van der Waals surface area contributed by atoms with Gasteiger partial charge >= 0.3 is 0 Å². The average molecular weight is 299 g/mol. The Balaban J connectivity index is 2.63. The monoisotopic (exact) mass is 298 g/mol. The van der Waals surface area contributed by atoms with Gasteiger partial charge in [0.2, 0.25) is 0 Å². The van der Waals surface area contributed by atoms with E-state index in [-0.39, 0.29) is 11.3 Å². The van der Waals surface area contributed by atoms with Crippen molar-refractivity contribution in [3.05, 3.63) is 39.4 Å². The second kappa shape index (κ2) is 7.85. The fraction of sp³-hybridized carbons (Fsp3) is 0.500. The summed E-state index contributed by atoms with van der Waals surface area (Å²) in [6, 6.07) is 4.52. The van der Waals surface area contributed by atoms with Gasteiger partial charge in [0.25, 0.3) is 11.6 Å². The van der Waals surface area contributed by atoms with Crippen molar-refractivity contribution in [1.82, 2.24) is 5.32 Å². The number of carbonyl (C=O) groups is 1. The first-order valence-electron chi connectivity index (χ1n) is 6.55. The molecule has 0 heterocycles. The van der Waals surface area contributed by atoms with Crippen molar-refractivity contribution < 1.29 is 9.72 Å². The van der Waals surface area contributed by atoms with Gasteiger partial charge in [-0.1, -0.05) is 13.0 Å². The van der Waals surface area contributed by atoms with Gasteiger partial charge < -0.3 is 5.32 Å². The van der Waals surface area contributed by atoms with Crippen LogP contribution in [0.4, 0.5) is 5.69 Å². The van der Waals surface area contributed by atoms with E-state index in [1.54, 1.807) is 13.0 Å². The van der Waals surface area contributed by atoms with Crippen molar-refractivity contribution in [2.45, 2.75) is 26.7 Å². The highest BCUT2D eigenvalue weighted by atomic mass is 35.5. The minimum Gasteiger partial charge on any atom is -0.352 e. The zero-order valence-electron chi connectivity index (χ0n) is 11.7. The SMILES string of the molecule is Cc1ccc([N+](=O)[O-])c(C(=O)NCCCC(C)CCl)c1. The molecule has 1 atom stereocenters. The van der Waals surface area contributed by atoms with Crippen molar-refractivity contribution >= 4 is 23.2 Å². The summed E-state index contributed by atoms with van der Waals surface area (Å²) in [6.07, 6.45) is 1.72. The normalized spacial score (nSPS) is 11.9. The van der Waals surface area contributed by atoms with Gasteiger partial charge in [-0.15, -0.1) is 11.6 Å². The lowest BCUT2D eigenvalue weighted by molar-refractivity contribution is -0.385. The predicted molar refractivity (Wildman–Crippen MR) is 79.3 cm³/mol. The van der Waals surface area contributed by atoms with E-state index in [2.05, 4.69) is 5.32 Å². The molecule has 0 saturated heterocycles. The van der Waals surface area contributed by atoms with Crippen LogP contribution in [0.25, 0.3) is 0 Å². The van der Waals surface area contributed by atoms with E-state index >= 15 is 0 Å². The molecule has 0 radical (unpaired) electrons. The number of rotatable bonds is 7. The third kappa shape index (κ3) is 4.81. The lowest BCUT2D eigenvalue weighted by Crippen LogP contribution is -2.25. The third-order valence-electron chi connectivity index (χ3n) is 3.02. The number of hydrogen-bond acceptors (Lipinski definition) is 3. The molecule has 0 aliphatic carbocycles. The Morgan fingerprint density at radius 2 is 2.20 bits per heavy atom. The Morgan fingerprint density at radius 1 is 1.50 bits per heavy atom. The van der Waals surface area contributed by atoms with Crippen molar-refractivity contribution in [3.63, 3.8) is 0 Å². The molecule has 1 amide bonds. The average Bonchev–Trinajstić information content (AvgIpc) is 2.42. The molecule has 20 heavy (non-hydrogen) atoms. The Kier molecular flexibility index (Phi) is 6.45. The van der Waals surface area contributed by atoms with Crippen LogP contribution in [0, 0.1) is 23.0 Å². The van der Waals surface area contributed by atoms with Gasteiger partial charge in [0.15, 0.2) is 0 Å². The van der Waals surface area contributed by atoms with Crippen LogP contribution in [0.5, 0.6) is 0 Å². The number of carbonyl (C=O) groups excluding carboxylic acids is 1. The highest BCUT2D eigenvalue weighted by Crippen LogP contribution is 2.19. The van der Waals surface area contributed by atoms with E-state index in [1.165, 1.54) is 12.1 Å². The first kappa shape index (κ1) is 16.4. The molecule has 6 heteroatoms. The molecule has 0 bridgehead atoms. The van der Waals surface area contributed by atoms with Gasteiger partial charge in [-0.05, 0) is 37.3 Å². The number of nitrogens with one attached hydrogen (secondary N) is 1. The molecular formula is C14H19ClN2O3. The molecule has 0 aliphatic heterocycles. The highest BCUT2D eigenvalue weighted by Gasteiger charge is 2.19. The Hall–Kier alpha value is -1.62. The third-order valence-corrected chi connectivity index (χ3v) is 3.54. The zero-order valence-corrected chi connectivity index (χ0v) is 12.4.